The van der Waals surface area contributed by atoms with Gasteiger partial charge in [0.15, 0.2) is 0 Å². The summed E-state index contributed by atoms with van der Waals surface area (Å²) in [4.78, 5) is 17.4. The van der Waals surface area contributed by atoms with Crippen molar-refractivity contribution in [3.05, 3.63) is 23.0 Å². The third-order valence-corrected chi connectivity index (χ3v) is 4.46. The minimum atomic E-state index is -0.802. The number of hydrogen-bond acceptors (Lipinski definition) is 5. The topological polar surface area (TPSA) is 77.2 Å². The number of carbonyl (C=O) groups is 1. The van der Waals surface area contributed by atoms with E-state index in [0.717, 1.165) is 29.4 Å². The molecule has 1 aliphatic heterocycles. The fourth-order valence-corrected chi connectivity index (χ4v) is 3.58. The molecule has 2 heterocycles. The van der Waals surface area contributed by atoms with Crippen LogP contribution in [0, 0.1) is 25.2 Å². The van der Waals surface area contributed by atoms with Crippen molar-refractivity contribution in [2.45, 2.75) is 26.3 Å². The van der Waals surface area contributed by atoms with Gasteiger partial charge in [-0.2, -0.15) is 17.0 Å². The molecule has 1 fully saturated rings. The SMILES string of the molecule is Cc1cc(N2CCSCC2CC(=O)O)c(C#N)c(C)n1. The number of rotatable bonds is 3. The summed E-state index contributed by atoms with van der Waals surface area (Å²) < 4.78 is 0. The predicted octanol–water partition coefficient (Wildman–Crippen LogP) is 1.97. The molecular formula is C14H17N3O2S. The van der Waals surface area contributed by atoms with Gasteiger partial charge >= 0.3 is 5.97 Å². The van der Waals surface area contributed by atoms with Crippen LogP contribution in [0.5, 0.6) is 0 Å². The number of nitriles is 1. The predicted molar refractivity (Wildman–Crippen MR) is 79.1 cm³/mol. The zero-order valence-electron chi connectivity index (χ0n) is 11.6. The summed E-state index contributed by atoms with van der Waals surface area (Å²) in [6.07, 6.45) is 0.0955. The Hall–Kier alpha value is -1.74. The molecule has 1 aromatic heterocycles. The van der Waals surface area contributed by atoms with E-state index in [0.29, 0.717) is 11.3 Å². The van der Waals surface area contributed by atoms with E-state index in [9.17, 15) is 10.1 Å². The van der Waals surface area contributed by atoms with Crippen LogP contribution in [0.2, 0.25) is 0 Å². The molecule has 1 aliphatic rings. The van der Waals surface area contributed by atoms with E-state index in [4.69, 9.17) is 5.11 Å². The highest BCUT2D eigenvalue weighted by Gasteiger charge is 2.27. The molecule has 0 aromatic carbocycles. The standard InChI is InChI=1S/C14H17N3O2S/c1-9-5-13(12(7-15)10(2)16-9)17-3-4-20-8-11(17)6-14(18)19/h5,11H,3-4,6,8H2,1-2H3,(H,18,19). The number of aliphatic carboxylic acids is 1. The zero-order chi connectivity index (χ0) is 14.7. The van der Waals surface area contributed by atoms with Crippen LogP contribution in [0.4, 0.5) is 5.69 Å². The molecule has 1 aromatic rings. The van der Waals surface area contributed by atoms with E-state index in [1.54, 1.807) is 11.8 Å². The van der Waals surface area contributed by atoms with E-state index in [-0.39, 0.29) is 12.5 Å². The van der Waals surface area contributed by atoms with Crippen molar-refractivity contribution in [1.29, 1.82) is 5.26 Å². The average Bonchev–Trinajstić information content (AvgIpc) is 2.38. The van der Waals surface area contributed by atoms with E-state index in [1.165, 1.54) is 0 Å². The van der Waals surface area contributed by atoms with E-state index in [2.05, 4.69) is 16.0 Å². The first-order valence-corrected chi connectivity index (χ1v) is 7.63. The molecule has 0 spiro atoms. The molecule has 0 bridgehead atoms. The summed E-state index contributed by atoms with van der Waals surface area (Å²) in [6.45, 7) is 4.47. The number of aryl methyl sites for hydroxylation is 2. The van der Waals surface area contributed by atoms with Crippen molar-refractivity contribution in [3.63, 3.8) is 0 Å². The maximum Gasteiger partial charge on any atom is 0.305 e. The molecule has 2 rings (SSSR count). The van der Waals surface area contributed by atoms with Gasteiger partial charge < -0.3 is 10.0 Å². The number of anilines is 1. The van der Waals surface area contributed by atoms with Crippen molar-refractivity contribution in [1.82, 2.24) is 4.98 Å². The average molecular weight is 291 g/mol. The summed E-state index contributed by atoms with van der Waals surface area (Å²) in [5.74, 6) is 0.919. The Morgan fingerprint density at radius 2 is 2.40 bits per heavy atom. The Bertz CT molecular complexity index is 568. The van der Waals surface area contributed by atoms with Gasteiger partial charge in [0.1, 0.15) is 6.07 Å². The number of aromatic nitrogens is 1. The monoisotopic (exact) mass is 291 g/mol. The minimum Gasteiger partial charge on any atom is -0.481 e. The Kier molecular flexibility index (Phi) is 4.50. The Labute approximate surface area is 122 Å². The first-order chi connectivity index (χ1) is 9.52. The van der Waals surface area contributed by atoms with Gasteiger partial charge in [-0.25, -0.2) is 0 Å². The number of carboxylic acids is 1. The van der Waals surface area contributed by atoms with Gasteiger partial charge in [0.05, 0.1) is 23.4 Å². The van der Waals surface area contributed by atoms with Crippen LogP contribution in [0.3, 0.4) is 0 Å². The lowest BCUT2D eigenvalue weighted by molar-refractivity contribution is -0.137. The smallest absolute Gasteiger partial charge is 0.305 e. The molecule has 0 radical (unpaired) electrons. The summed E-state index contributed by atoms with van der Waals surface area (Å²) >= 11 is 1.76. The lowest BCUT2D eigenvalue weighted by Gasteiger charge is -2.37. The third kappa shape index (κ3) is 3.05. The molecule has 0 saturated carbocycles. The fraction of sp³-hybridized carbons (Fsp3) is 0.500. The maximum absolute atomic E-state index is 11.0. The van der Waals surface area contributed by atoms with Crippen LogP contribution in [-0.4, -0.2) is 40.2 Å². The van der Waals surface area contributed by atoms with Gasteiger partial charge in [-0.3, -0.25) is 9.78 Å². The molecular weight excluding hydrogens is 274 g/mol. The van der Waals surface area contributed by atoms with Crippen LogP contribution < -0.4 is 4.90 Å². The molecule has 5 nitrogen and oxygen atoms in total. The third-order valence-electron chi connectivity index (χ3n) is 3.37. The highest BCUT2D eigenvalue weighted by Crippen LogP contribution is 2.30. The first kappa shape index (κ1) is 14.7. The summed E-state index contributed by atoms with van der Waals surface area (Å²) in [5, 5.41) is 18.4. The molecule has 106 valence electrons. The Morgan fingerprint density at radius 1 is 1.65 bits per heavy atom. The van der Waals surface area contributed by atoms with E-state index in [1.807, 2.05) is 19.9 Å². The summed E-state index contributed by atoms with van der Waals surface area (Å²) in [5.41, 5.74) is 2.93. The van der Waals surface area contributed by atoms with Gasteiger partial charge in [0.25, 0.3) is 0 Å². The van der Waals surface area contributed by atoms with Gasteiger partial charge in [0, 0.05) is 29.8 Å². The van der Waals surface area contributed by atoms with Crippen LogP contribution in [0.25, 0.3) is 0 Å². The summed E-state index contributed by atoms with van der Waals surface area (Å²) in [6, 6.07) is 4.02. The van der Waals surface area contributed by atoms with Gasteiger partial charge in [0.2, 0.25) is 0 Å². The van der Waals surface area contributed by atoms with Crippen molar-refractivity contribution < 1.29 is 9.90 Å². The molecule has 1 saturated heterocycles. The summed E-state index contributed by atoms with van der Waals surface area (Å²) in [7, 11) is 0. The second-order valence-corrected chi connectivity index (χ2v) is 6.02. The first-order valence-electron chi connectivity index (χ1n) is 6.47. The van der Waals surface area contributed by atoms with Crippen molar-refractivity contribution in [2.75, 3.05) is 23.0 Å². The molecule has 0 amide bonds. The van der Waals surface area contributed by atoms with E-state index >= 15 is 0 Å². The zero-order valence-corrected chi connectivity index (χ0v) is 12.4. The van der Waals surface area contributed by atoms with Gasteiger partial charge in [-0.05, 0) is 19.9 Å². The van der Waals surface area contributed by atoms with Crippen molar-refractivity contribution >= 4 is 23.4 Å². The highest BCUT2D eigenvalue weighted by molar-refractivity contribution is 7.99. The number of pyridine rings is 1. The quantitative estimate of drug-likeness (QED) is 0.917. The second kappa shape index (κ2) is 6.14. The van der Waals surface area contributed by atoms with Crippen LogP contribution in [0.1, 0.15) is 23.4 Å². The molecule has 1 unspecified atom stereocenters. The number of nitrogens with zero attached hydrogens (tertiary/aromatic N) is 3. The van der Waals surface area contributed by atoms with Gasteiger partial charge in [-0.15, -0.1) is 0 Å². The van der Waals surface area contributed by atoms with Crippen LogP contribution in [-0.2, 0) is 4.79 Å². The molecule has 6 heteroatoms. The lowest BCUT2D eigenvalue weighted by Crippen LogP contribution is -2.44. The second-order valence-electron chi connectivity index (χ2n) is 4.87. The normalized spacial score (nSPS) is 18.6. The molecule has 1 atom stereocenters. The van der Waals surface area contributed by atoms with E-state index < -0.39 is 5.97 Å². The van der Waals surface area contributed by atoms with Gasteiger partial charge in [-0.1, -0.05) is 0 Å². The largest absolute Gasteiger partial charge is 0.481 e. The molecule has 0 aliphatic carbocycles. The highest BCUT2D eigenvalue weighted by atomic mass is 32.2. The fourth-order valence-electron chi connectivity index (χ4n) is 2.52. The number of thioether (sulfide) groups is 1. The number of hydrogen-bond donors (Lipinski definition) is 1. The minimum absolute atomic E-state index is 0.0699. The van der Waals surface area contributed by atoms with Crippen LogP contribution in [0.15, 0.2) is 6.07 Å². The Morgan fingerprint density at radius 3 is 3.05 bits per heavy atom. The molecule has 20 heavy (non-hydrogen) atoms. The van der Waals surface area contributed by atoms with Crippen molar-refractivity contribution in [2.24, 2.45) is 0 Å². The number of carboxylic acid groups (broad SMARTS) is 1. The van der Waals surface area contributed by atoms with Crippen molar-refractivity contribution in [3.8, 4) is 6.07 Å². The Balaban J connectivity index is 2.42. The van der Waals surface area contributed by atoms with Crippen LogP contribution >= 0.6 is 11.8 Å². The maximum atomic E-state index is 11.0. The lowest BCUT2D eigenvalue weighted by atomic mass is 10.1. The molecule has 1 N–H and O–H groups in total.